The van der Waals surface area contributed by atoms with Crippen molar-refractivity contribution in [2.45, 2.75) is 44.3 Å². The second-order valence-corrected chi connectivity index (χ2v) is 9.27. The molecule has 0 saturated carbocycles. The van der Waals surface area contributed by atoms with Crippen LogP contribution in [0.3, 0.4) is 0 Å². The number of carbonyl (C=O) groups is 1. The number of fused-ring (bicyclic) bond motifs is 1. The minimum absolute atomic E-state index is 0.0342. The molecule has 1 atom stereocenters. The van der Waals surface area contributed by atoms with Crippen LogP contribution in [0.2, 0.25) is 0 Å². The highest BCUT2D eigenvalue weighted by molar-refractivity contribution is 5.97. The summed E-state index contributed by atoms with van der Waals surface area (Å²) in [6.07, 6.45) is 7.19. The van der Waals surface area contributed by atoms with Gasteiger partial charge in [-0.15, -0.1) is 10.2 Å². The van der Waals surface area contributed by atoms with Crippen LogP contribution in [0.5, 0.6) is 0 Å². The Labute approximate surface area is 205 Å². The molecule has 0 spiro atoms. The molecular formula is C25H25F2N7O2. The van der Waals surface area contributed by atoms with E-state index in [0.29, 0.717) is 22.4 Å². The van der Waals surface area contributed by atoms with Crippen molar-refractivity contribution in [1.29, 1.82) is 0 Å². The zero-order valence-corrected chi connectivity index (χ0v) is 19.6. The molecule has 0 aliphatic carbocycles. The van der Waals surface area contributed by atoms with Gasteiger partial charge in [-0.05, 0) is 37.5 Å². The number of likely N-dealkylation sites (tertiary alicyclic amines) is 1. The molecule has 2 fully saturated rings. The fourth-order valence-corrected chi connectivity index (χ4v) is 4.83. The smallest absolute Gasteiger partial charge is 0.255 e. The van der Waals surface area contributed by atoms with E-state index in [1.807, 2.05) is 28.8 Å². The number of halogens is 2. The molecule has 1 unspecified atom stereocenters. The summed E-state index contributed by atoms with van der Waals surface area (Å²) in [4.78, 5) is 18.8. The summed E-state index contributed by atoms with van der Waals surface area (Å²) in [7, 11) is 0. The summed E-state index contributed by atoms with van der Waals surface area (Å²) in [5.41, 5.74) is 2.61. The number of piperidine rings is 1. The van der Waals surface area contributed by atoms with E-state index in [1.165, 1.54) is 11.1 Å². The number of hydrogen-bond donors (Lipinski definition) is 0. The van der Waals surface area contributed by atoms with Gasteiger partial charge in [-0.2, -0.15) is 5.10 Å². The van der Waals surface area contributed by atoms with Gasteiger partial charge in [-0.25, -0.2) is 18.4 Å². The Kier molecular flexibility index (Phi) is 5.71. The van der Waals surface area contributed by atoms with Gasteiger partial charge in [-0.3, -0.25) is 9.36 Å². The molecule has 0 radical (unpaired) electrons. The van der Waals surface area contributed by atoms with Gasteiger partial charge in [0.25, 0.3) is 11.8 Å². The van der Waals surface area contributed by atoms with Crippen molar-refractivity contribution in [3.63, 3.8) is 0 Å². The average molecular weight is 494 g/mol. The van der Waals surface area contributed by atoms with Crippen LogP contribution in [0.15, 0.2) is 49.1 Å². The normalized spacial score (nSPS) is 20.1. The molecule has 6 rings (SSSR count). The number of hydrogen-bond acceptors (Lipinski definition) is 6. The minimum Gasteiger partial charge on any atom is -0.358 e. The molecule has 0 bridgehead atoms. The van der Waals surface area contributed by atoms with Gasteiger partial charge in [0.1, 0.15) is 12.6 Å². The fraction of sp³-hybridized carbons (Fsp3) is 0.400. The highest BCUT2D eigenvalue weighted by atomic mass is 19.3. The zero-order chi connectivity index (χ0) is 24.7. The number of rotatable bonds is 4. The van der Waals surface area contributed by atoms with E-state index < -0.39 is 5.92 Å². The van der Waals surface area contributed by atoms with Gasteiger partial charge in [0.05, 0.1) is 17.4 Å². The van der Waals surface area contributed by atoms with Crippen molar-refractivity contribution in [3.05, 3.63) is 54.6 Å². The van der Waals surface area contributed by atoms with Crippen LogP contribution in [-0.2, 0) is 4.74 Å². The molecule has 4 aromatic rings. The number of nitrogens with zero attached hydrogens (tertiary/aromatic N) is 7. The number of alkyl halides is 2. The molecular weight excluding hydrogens is 468 g/mol. The topological polar surface area (TPSA) is 91.0 Å². The standard InChI is InChI=1S/C25H25F2N7O2/c26-25(27)7-9-32(10-8-25)24(35)19-12-18-15-30-34(22(18)28-14-19)20-5-3-4-17(13-20)23-31-29-16-33(23)21-6-1-2-11-36-21/h3-5,12-16,21H,1-2,6-11H2. The maximum absolute atomic E-state index is 13.5. The molecule has 2 aliphatic heterocycles. The average Bonchev–Trinajstić information content (AvgIpc) is 3.56. The lowest BCUT2D eigenvalue weighted by Crippen LogP contribution is -2.42. The number of ether oxygens (including phenoxy) is 1. The van der Waals surface area contributed by atoms with Crippen molar-refractivity contribution >= 4 is 16.9 Å². The summed E-state index contributed by atoms with van der Waals surface area (Å²) in [5.74, 6) is -2.28. The number of carbonyl (C=O) groups excluding carboxylic acids is 1. The van der Waals surface area contributed by atoms with Crippen molar-refractivity contribution in [1.82, 2.24) is 34.4 Å². The fourth-order valence-electron chi connectivity index (χ4n) is 4.83. The maximum Gasteiger partial charge on any atom is 0.255 e. The van der Waals surface area contributed by atoms with E-state index in [2.05, 4.69) is 20.3 Å². The first kappa shape index (κ1) is 22.7. The molecule has 9 nitrogen and oxygen atoms in total. The molecule has 11 heteroatoms. The molecule has 1 amide bonds. The molecule has 5 heterocycles. The molecule has 3 aromatic heterocycles. The van der Waals surface area contributed by atoms with Gasteiger partial charge in [0, 0.05) is 49.7 Å². The van der Waals surface area contributed by atoms with Crippen LogP contribution >= 0.6 is 0 Å². The second kappa shape index (κ2) is 9.05. The summed E-state index contributed by atoms with van der Waals surface area (Å²) >= 11 is 0. The van der Waals surface area contributed by atoms with E-state index >= 15 is 0 Å². The SMILES string of the molecule is O=C(c1cnc2c(cnn2-c2cccc(-c3nncn3C3CCCCO3)c2)c1)N1CCC(F)(F)CC1. The van der Waals surface area contributed by atoms with Gasteiger partial charge in [0.15, 0.2) is 11.5 Å². The Morgan fingerprint density at radius 3 is 2.78 bits per heavy atom. The van der Waals surface area contributed by atoms with E-state index in [1.54, 1.807) is 23.3 Å². The first-order valence-corrected chi connectivity index (χ1v) is 12.1. The van der Waals surface area contributed by atoms with Crippen LogP contribution in [0.1, 0.15) is 48.7 Å². The van der Waals surface area contributed by atoms with E-state index in [4.69, 9.17) is 4.74 Å². The Morgan fingerprint density at radius 2 is 1.97 bits per heavy atom. The van der Waals surface area contributed by atoms with Gasteiger partial charge in [0.2, 0.25) is 0 Å². The molecule has 2 saturated heterocycles. The van der Waals surface area contributed by atoms with Crippen molar-refractivity contribution in [2.24, 2.45) is 0 Å². The maximum atomic E-state index is 13.5. The zero-order valence-electron chi connectivity index (χ0n) is 19.6. The van der Waals surface area contributed by atoms with Gasteiger partial charge >= 0.3 is 0 Å². The molecule has 186 valence electrons. The van der Waals surface area contributed by atoms with Crippen molar-refractivity contribution in [3.8, 4) is 17.1 Å². The second-order valence-electron chi connectivity index (χ2n) is 9.27. The first-order chi connectivity index (χ1) is 17.5. The van der Waals surface area contributed by atoms with E-state index in [9.17, 15) is 13.6 Å². The molecule has 1 aromatic carbocycles. The van der Waals surface area contributed by atoms with Gasteiger partial charge < -0.3 is 9.64 Å². The number of pyridine rings is 1. The summed E-state index contributed by atoms with van der Waals surface area (Å²) < 4.78 is 36.5. The van der Waals surface area contributed by atoms with E-state index in [0.717, 1.165) is 37.1 Å². The lowest BCUT2D eigenvalue weighted by Gasteiger charge is -2.31. The number of amides is 1. The van der Waals surface area contributed by atoms with E-state index in [-0.39, 0.29) is 38.1 Å². The van der Waals surface area contributed by atoms with Gasteiger partial charge in [-0.1, -0.05) is 12.1 Å². The van der Waals surface area contributed by atoms with Crippen LogP contribution in [-0.4, -0.2) is 66.0 Å². The molecule has 2 aliphatic rings. The lowest BCUT2D eigenvalue weighted by molar-refractivity contribution is -0.0494. The third-order valence-corrected chi connectivity index (χ3v) is 6.83. The first-order valence-electron chi connectivity index (χ1n) is 12.1. The highest BCUT2D eigenvalue weighted by Crippen LogP contribution is 2.30. The monoisotopic (exact) mass is 493 g/mol. The van der Waals surface area contributed by atoms with Crippen molar-refractivity contribution < 1.29 is 18.3 Å². The predicted octanol–water partition coefficient (Wildman–Crippen LogP) is 4.25. The van der Waals surface area contributed by atoms with Crippen LogP contribution in [0, 0.1) is 0 Å². The van der Waals surface area contributed by atoms with Crippen LogP contribution < -0.4 is 0 Å². The Bertz CT molecular complexity index is 1400. The third kappa shape index (κ3) is 4.23. The molecule has 36 heavy (non-hydrogen) atoms. The summed E-state index contributed by atoms with van der Waals surface area (Å²) in [5, 5.41) is 13.6. The highest BCUT2D eigenvalue weighted by Gasteiger charge is 2.36. The van der Waals surface area contributed by atoms with Crippen LogP contribution in [0.25, 0.3) is 28.1 Å². The minimum atomic E-state index is -2.70. The number of benzene rings is 1. The van der Waals surface area contributed by atoms with Crippen LogP contribution in [0.4, 0.5) is 8.78 Å². The third-order valence-electron chi connectivity index (χ3n) is 6.83. The quantitative estimate of drug-likeness (QED) is 0.422. The predicted molar refractivity (Wildman–Crippen MR) is 127 cm³/mol. The number of aromatic nitrogens is 6. The summed E-state index contributed by atoms with van der Waals surface area (Å²) in [6, 6.07) is 9.47. The Hall–Kier alpha value is -3.73. The Morgan fingerprint density at radius 1 is 1.11 bits per heavy atom. The summed E-state index contributed by atoms with van der Waals surface area (Å²) in [6.45, 7) is 0.793. The largest absolute Gasteiger partial charge is 0.358 e. The van der Waals surface area contributed by atoms with Crippen molar-refractivity contribution in [2.75, 3.05) is 19.7 Å². The Balaban J connectivity index is 1.27. The lowest BCUT2D eigenvalue weighted by atomic mass is 10.1. The molecule has 0 N–H and O–H groups in total.